The largest absolute Gasteiger partial charge is 0.496 e. The molecule has 0 amide bonds. The first kappa shape index (κ1) is 14.5. The number of hydrogen-bond acceptors (Lipinski definition) is 2. The van der Waals surface area contributed by atoms with Gasteiger partial charge in [0.25, 0.3) is 0 Å². The second-order valence-electron chi connectivity index (χ2n) is 5.51. The highest BCUT2D eigenvalue weighted by molar-refractivity contribution is 5.80. The molecule has 112 valence electrons. The third-order valence-electron chi connectivity index (χ3n) is 3.94. The van der Waals surface area contributed by atoms with Crippen molar-refractivity contribution in [2.75, 3.05) is 6.61 Å². The Hall–Kier alpha value is -2.42. The van der Waals surface area contributed by atoms with Crippen LogP contribution in [0.2, 0.25) is 0 Å². The van der Waals surface area contributed by atoms with Crippen molar-refractivity contribution in [1.29, 1.82) is 0 Å². The van der Waals surface area contributed by atoms with Crippen LogP contribution in [0.4, 0.5) is 4.39 Å². The first-order valence-electron chi connectivity index (χ1n) is 7.31. The number of ether oxygens (including phenoxy) is 1. The van der Waals surface area contributed by atoms with Gasteiger partial charge in [-0.2, -0.15) is 0 Å². The van der Waals surface area contributed by atoms with Crippen molar-refractivity contribution < 1.29 is 9.13 Å². The van der Waals surface area contributed by atoms with E-state index in [0.29, 0.717) is 12.2 Å². The van der Waals surface area contributed by atoms with Crippen molar-refractivity contribution in [3.8, 4) is 0 Å². The lowest BCUT2D eigenvalue weighted by molar-refractivity contribution is 0.256. The highest BCUT2D eigenvalue weighted by atomic mass is 19.1. The van der Waals surface area contributed by atoms with Gasteiger partial charge in [-0.3, -0.25) is 4.98 Å². The lowest BCUT2D eigenvalue weighted by atomic mass is 9.96. The van der Waals surface area contributed by atoms with Gasteiger partial charge in [0.1, 0.15) is 12.4 Å². The van der Waals surface area contributed by atoms with Crippen LogP contribution in [0.5, 0.6) is 0 Å². The van der Waals surface area contributed by atoms with Crippen molar-refractivity contribution in [3.63, 3.8) is 0 Å². The fraction of sp³-hybridized carbons (Fsp3) is 0.211. The van der Waals surface area contributed by atoms with Gasteiger partial charge in [0, 0.05) is 22.9 Å². The van der Waals surface area contributed by atoms with Crippen molar-refractivity contribution in [1.82, 2.24) is 4.98 Å². The topological polar surface area (TPSA) is 22.1 Å². The summed E-state index contributed by atoms with van der Waals surface area (Å²) in [5.74, 6) is -0.192. The van der Waals surface area contributed by atoms with Crippen LogP contribution < -0.4 is 0 Å². The van der Waals surface area contributed by atoms with Gasteiger partial charge in [0.15, 0.2) is 0 Å². The van der Waals surface area contributed by atoms with Crippen LogP contribution in [-0.2, 0) is 4.74 Å². The minimum atomic E-state index is -0.192. The van der Waals surface area contributed by atoms with Crippen molar-refractivity contribution >= 4 is 11.1 Å². The molecule has 0 aliphatic carbocycles. The van der Waals surface area contributed by atoms with E-state index < -0.39 is 0 Å². The number of aryl methyl sites for hydroxylation is 2. The molecule has 22 heavy (non-hydrogen) atoms. The maximum atomic E-state index is 13.8. The summed E-state index contributed by atoms with van der Waals surface area (Å²) in [7, 11) is 0. The normalized spacial score (nSPS) is 14.2. The fourth-order valence-electron chi connectivity index (χ4n) is 2.55. The number of halogens is 1. The molecule has 0 spiro atoms. The molecule has 1 aromatic heterocycles. The molecule has 0 bridgehead atoms. The number of allylic oxidation sites excluding steroid dienone is 1. The monoisotopic (exact) mass is 295 g/mol. The molecule has 0 unspecified atom stereocenters. The second kappa shape index (κ2) is 5.76. The van der Waals surface area contributed by atoms with E-state index in [2.05, 4.69) is 11.1 Å². The molecule has 0 fully saturated rings. The average Bonchev–Trinajstić information content (AvgIpc) is 2.44. The van der Waals surface area contributed by atoms with E-state index in [4.69, 9.17) is 4.74 Å². The van der Waals surface area contributed by atoms with E-state index in [1.807, 2.05) is 32.2 Å². The Bertz CT molecular complexity index is 790. The van der Waals surface area contributed by atoms with Gasteiger partial charge in [0.2, 0.25) is 0 Å². The maximum absolute atomic E-state index is 13.8. The minimum absolute atomic E-state index is 0.192. The summed E-state index contributed by atoms with van der Waals surface area (Å²) in [6.45, 7) is 6.38. The third-order valence-corrected chi connectivity index (χ3v) is 3.94. The standard InChI is InChI=1S/C19H18FNO/c1-4-17(14-6-5-12(2)18(20)8-14)19-13(3)7-15(9-21-19)16-10-22-11-16/h4-10H,11H2,1-3H3/b17-4-. The number of pyridine rings is 1. The van der Waals surface area contributed by atoms with E-state index in [1.54, 1.807) is 25.3 Å². The van der Waals surface area contributed by atoms with Gasteiger partial charge in [-0.25, -0.2) is 4.39 Å². The zero-order chi connectivity index (χ0) is 15.7. The molecule has 2 aromatic rings. The summed E-state index contributed by atoms with van der Waals surface area (Å²) in [5, 5.41) is 0. The molecule has 2 nitrogen and oxygen atoms in total. The van der Waals surface area contributed by atoms with E-state index in [0.717, 1.165) is 33.5 Å². The van der Waals surface area contributed by atoms with Gasteiger partial charge in [0.05, 0.1) is 12.0 Å². The van der Waals surface area contributed by atoms with Crippen LogP contribution in [0.1, 0.15) is 34.9 Å². The zero-order valence-electron chi connectivity index (χ0n) is 13.0. The molecule has 1 aliphatic rings. The summed E-state index contributed by atoms with van der Waals surface area (Å²) in [6.07, 6.45) is 5.58. The summed E-state index contributed by atoms with van der Waals surface area (Å²) in [5.41, 5.74) is 6.64. The van der Waals surface area contributed by atoms with Crippen LogP contribution in [0.15, 0.2) is 42.8 Å². The molecular weight excluding hydrogens is 277 g/mol. The van der Waals surface area contributed by atoms with Gasteiger partial charge in [-0.1, -0.05) is 18.2 Å². The molecule has 1 aromatic carbocycles. The molecule has 0 saturated carbocycles. The summed E-state index contributed by atoms with van der Waals surface area (Å²) in [6, 6.07) is 7.41. The summed E-state index contributed by atoms with van der Waals surface area (Å²) >= 11 is 0. The molecule has 3 rings (SSSR count). The number of hydrogen-bond donors (Lipinski definition) is 0. The first-order chi connectivity index (χ1) is 10.6. The highest BCUT2D eigenvalue weighted by Gasteiger charge is 2.15. The fourth-order valence-corrected chi connectivity index (χ4v) is 2.55. The highest BCUT2D eigenvalue weighted by Crippen LogP contribution is 2.28. The van der Waals surface area contributed by atoms with Crippen molar-refractivity contribution in [2.24, 2.45) is 0 Å². The minimum Gasteiger partial charge on any atom is -0.496 e. The van der Waals surface area contributed by atoms with Gasteiger partial charge in [-0.05, 0) is 49.6 Å². The Morgan fingerprint density at radius 3 is 2.55 bits per heavy atom. The Morgan fingerprint density at radius 2 is 2.00 bits per heavy atom. The van der Waals surface area contributed by atoms with Crippen LogP contribution >= 0.6 is 0 Å². The van der Waals surface area contributed by atoms with E-state index in [-0.39, 0.29) is 5.82 Å². The Morgan fingerprint density at radius 1 is 1.23 bits per heavy atom. The number of aromatic nitrogens is 1. The second-order valence-corrected chi connectivity index (χ2v) is 5.51. The van der Waals surface area contributed by atoms with Crippen molar-refractivity contribution in [2.45, 2.75) is 20.8 Å². The quantitative estimate of drug-likeness (QED) is 0.821. The smallest absolute Gasteiger partial charge is 0.126 e. The number of benzene rings is 1. The number of rotatable bonds is 3. The molecule has 0 atom stereocenters. The molecular formula is C19H18FNO. The summed E-state index contributed by atoms with van der Waals surface area (Å²) in [4.78, 5) is 4.59. The lowest BCUT2D eigenvalue weighted by Crippen LogP contribution is -2.06. The van der Waals surface area contributed by atoms with Crippen LogP contribution in [-0.4, -0.2) is 11.6 Å². The van der Waals surface area contributed by atoms with Crippen molar-refractivity contribution in [3.05, 3.63) is 76.6 Å². The van der Waals surface area contributed by atoms with Gasteiger partial charge < -0.3 is 4.74 Å². The number of nitrogens with zero attached hydrogens (tertiary/aromatic N) is 1. The molecule has 0 radical (unpaired) electrons. The maximum Gasteiger partial charge on any atom is 0.126 e. The first-order valence-corrected chi connectivity index (χ1v) is 7.31. The predicted molar refractivity (Wildman–Crippen MR) is 86.8 cm³/mol. The average molecular weight is 295 g/mol. The van der Waals surface area contributed by atoms with E-state index in [1.165, 1.54) is 0 Å². The molecule has 1 aliphatic heterocycles. The van der Waals surface area contributed by atoms with Crippen LogP contribution in [0.25, 0.3) is 11.1 Å². The van der Waals surface area contributed by atoms with Gasteiger partial charge in [-0.15, -0.1) is 0 Å². The van der Waals surface area contributed by atoms with E-state index in [9.17, 15) is 4.39 Å². The van der Waals surface area contributed by atoms with E-state index >= 15 is 0 Å². The van der Waals surface area contributed by atoms with Crippen LogP contribution in [0, 0.1) is 19.7 Å². The van der Waals surface area contributed by atoms with Crippen LogP contribution in [0.3, 0.4) is 0 Å². The molecule has 2 heterocycles. The zero-order valence-corrected chi connectivity index (χ0v) is 13.0. The Kier molecular flexibility index (Phi) is 3.80. The Balaban J connectivity index is 2.02. The molecule has 0 N–H and O–H groups in total. The van der Waals surface area contributed by atoms with Gasteiger partial charge >= 0.3 is 0 Å². The SMILES string of the molecule is C/C=C(/c1ccc(C)c(F)c1)c1ncc(C2=COC2)cc1C. The third kappa shape index (κ3) is 2.54. The lowest BCUT2D eigenvalue weighted by Gasteiger charge is -2.17. The molecule has 3 heteroatoms. The predicted octanol–water partition coefficient (Wildman–Crippen LogP) is 4.66. The summed E-state index contributed by atoms with van der Waals surface area (Å²) < 4.78 is 18.9. The Labute approximate surface area is 130 Å². The molecule has 0 saturated heterocycles.